The number of nitrogen functional groups attached to an aromatic ring is 2. The Hall–Kier alpha value is -4.56. The van der Waals surface area contributed by atoms with Crippen molar-refractivity contribution in [3.63, 3.8) is 0 Å². The second kappa shape index (κ2) is 9.09. The smallest absolute Gasteiger partial charge is 0.263 e. The highest BCUT2D eigenvalue weighted by Gasteiger charge is 2.19. The zero-order chi connectivity index (χ0) is 21.5. The third-order valence-corrected chi connectivity index (χ3v) is 3.59. The summed E-state index contributed by atoms with van der Waals surface area (Å²) in [6.07, 6.45) is 1.50. The van der Waals surface area contributed by atoms with Gasteiger partial charge in [-0.15, -0.1) is 5.11 Å². The van der Waals surface area contributed by atoms with Gasteiger partial charge < -0.3 is 16.4 Å². The number of nitrogens with one attached hydrogen (secondary N) is 1. The van der Waals surface area contributed by atoms with Crippen molar-refractivity contribution in [2.75, 3.05) is 42.0 Å². The van der Waals surface area contributed by atoms with Crippen molar-refractivity contribution in [1.29, 1.82) is 0 Å². The van der Waals surface area contributed by atoms with Crippen LogP contribution in [0.4, 0.5) is 29.0 Å². The zero-order valence-corrected chi connectivity index (χ0v) is 16.0. The average molecular weight is 414 g/mol. The predicted octanol–water partition coefficient (Wildman–Crippen LogP) is 0.339. The van der Waals surface area contributed by atoms with Crippen molar-refractivity contribution < 1.29 is 14.1 Å². The van der Waals surface area contributed by atoms with Crippen LogP contribution in [0.2, 0.25) is 0 Å². The Morgan fingerprint density at radius 2 is 1.80 bits per heavy atom. The number of nitrogens with zero attached hydrogens (tertiary/aromatic N) is 9. The highest BCUT2D eigenvalue weighted by Crippen LogP contribution is 2.21. The molecule has 0 fully saturated rings. The lowest BCUT2D eigenvalue weighted by atomic mass is 10.2. The number of rotatable bonds is 8. The molecule has 0 radical (unpaired) electrons. The summed E-state index contributed by atoms with van der Waals surface area (Å²) in [4.78, 5) is 14.2. The molecule has 0 aliphatic carbocycles. The van der Waals surface area contributed by atoms with Crippen molar-refractivity contribution >= 4 is 41.1 Å². The number of hydrogen-bond acceptors (Lipinski definition) is 13. The maximum Gasteiger partial charge on any atom is 0.263 e. The van der Waals surface area contributed by atoms with Crippen molar-refractivity contribution in [3.8, 4) is 0 Å². The number of hydrogen-bond donors (Lipinski definition) is 3. The molecule has 15 heteroatoms. The van der Waals surface area contributed by atoms with E-state index in [9.17, 15) is 4.79 Å². The summed E-state index contributed by atoms with van der Waals surface area (Å²) in [6, 6.07) is 7.58. The lowest BCUT2D eigenvalue weighted by Crippen LogP contribution is -2.32. The number of nitrogens with two attached hydrogens (primary N) is 2. The fraction of sp³-hybridized carbons (Fsp3) is 0.200. The first-order chi connectivity index (χ1) is 14.4. The fourth-order valence-electron chi connectivity index (χ4n) is 2.08. The first-order valence-corrected chi connectivity index (χ1v) is 8.38. The van der Waals surface area contributed by atoms with Gasteiger partial charge >= 0.3 is 0 Å². The van der Waals surface area contributed by atoms with Crippen LogP contribution < -0.4 is 26.8 Å². The molecule has 2 heterocycles. The van der Waals surface area contributed by atoms with Crippen molar-refractivity contribution in [2.45, 2.75) is 0 Å². The molecule has 5 N–H and O–H groups in total. The van der Waals surface area contributed by atoms with E-state index in [4.69, 9.17) is 11.5 Å². The lowest BCUT2D eigenvalue weighted by molar-refractivity contribution is -0.119. The van der Waals surface area contributed by atoms with Crippen LogP contribution in [-0.4, -0.2) is 53.4 Å². The summed E-state index contributed by atoms with van der Waals surface area (Å²) in [6.45, 7) is -0.357. The Morgan fingerprint density at radius 3 is 2.40 bits per heavy atom. The first-order valence-electron chi connectivity index (χ1n) is 8.38. The Balaban J connectivity index is 1.65. The molecular weight excluding hydrogens is 396 g/mol. The Morgan fingerprint density at radius 1 is 1.10 bits per heavy atom. The minimum atomic E-state index is -0.538. The first kappa shape index (κ1) is 20.2. The van der Waals surface area contributed by atoms with Gasteiger partial charge in [-0.05, 0) is 38.3 Å². The van der Waals surface area contributed by atoms with Crippen LogP contribution in [0.3, 0.4) is 0 Å². The van der Waals surface area contributed by atoms with Gasteiger partial charge in [0.1, 0.15) is 6.54 Å². The average Bonchev–Trinajstić information content (AvgIpc) is 3.33. The SMILES string of the molecule is CN(C)c1ccc(C=NNC(=O)CN(N=Nc2nonc2N)c2nonc2N)cc1. The van der Waals surface area contributed by atoms with Gasteiger partial charge in [0.25, 0.3) is 11.7 Å². The molecule has 0 spiro atoms. The van der Waals surface area contributed by atoms with E-state index in [0.717, 1.165) is 16.3 Å². The molecule has 1 amide bonds. The third kappa shape index (κ3) is 5.03. The van der Waals surface area contributed by atoms with Gasteiger partial charge in [-0.1, -0.05) is 17.4 Å². The van der Waals surface area contributed by atoms with E-state index in [0.29, 0.717) is 0 Å². The number of carbonyl (C=O) groups is 1. The number of hydrazone groups is 1. The molecule has 2 aromatic heterocycles. The summed E-state index contributed by atoms with van der Waals surface area (Å²) in [5, 5.41) is 26.3. The highest BCUT2D eigenvalue weighted by atomic mass is 16.6. The Kier molecular flexibility index (Phi) is 6.11. The fourth-order valence-corrected chi connectivity index (χ4v) is 2.08. The minimum Gasteiger partial charge on any atom is -0.378 e. The van der Waals surface area contributed by atoms with Crippen LogP contribution >= 0.6 is 0 Å². The van der Waals surface area contributed by atoms with E-state index in [1.165, 1.54) is 6.21 Å². The number of anilines is 4. The van der Waals surface area contributed by atoms with Crippen LogP contribution in [0.1, 0.15) is 5.56 Å². The number of benzene rings is 1. The summed E-state index contributed by atoms with van der Waals surface area (Å²) >= 11 is 0. The van der Waals surface area contributed by atoms with Crippen LogP contribution in [0.5, 0.6) is 0 Å². The molecule has 0 bridgehead atoms. The molecule has 0 unspecified atom stereocenters. The summed E-state index contributed by atoms with van der Waals surface area (Å²) in [7, 11) is 3.88. The maximum atomic E-state index is 12.3. The van der Waals surface area contributed by atoms with Crippen LogP contribution in [0, 0.1) is 0 Å². The quantitative estimate of drug-likeness (QED) is 0.260. The summed E-state index contributed by atoms with van der Waals surface area (Å²) < 4.78 is 8.95. The normalized spacial score (nSPS) is 11.3. The second-order valence-electron chi connectivity index (χ2n) is 5.97. The molecule has 1 aromatic carbocycles. The van der Waals surface area contributed by atoms with Gasteiger partial charge in [-0.2, -0.15) is 5.10 Å². The standard InChI is InChI=1S/C15H18N12O3/c1-26(2)10-5-3-9(4-6-10)7-18-19-11(28)8-27(15-13(17)22-30-24-15)25-20-14-12(16)21-29-23-14/h3-7H,8H2,1-2H3,(H2,16,21)(H2,17,22)(H,19,28). The topological polar surface area (TPSA) is 203 Å². The van der Waals surface area contributed by atoms with Gasteiger partial charge in [-0.25, -0.2) is 19.7 Å². The molecule has 30 heavy (non-hydrogen) atoms. The van der Waals surface area contributed by atoms with E-state index in [2.05, 4.69) is 50.7 Å². The summed E-state index contributed by atoms with van der Waals surface area (Å²) in [5.41, 5.74) is 15.4. The van der Waals surface area contributed by atoms with E-state index in [1.54, 1.807) is 0 Å². The molecule has 156 valence electrons. The highest BCUT2D eigenvalue weighted by molar-refractivity contribution is 5.85. The van der Waals surface area contributed by atoms with Gasteiger partial charge in [0.15, 0.2) is 0 Å². The number of amides is 1. The largest absolute Gasteiger partial charge is 0.378 e. The van der Waals surface area contributed by atoms with Crippen LogP contribution in [-0.2, 0) is 4.79 Å². The molecule has 0 atom stereocenters. The van der Waals surface area contributed by atoms with Gasteiger partial charge in [0.2, 0.25) is 17.5 Å². The zero-order valence-electron chi connectivity index (χ0n) is 16.0. The lowest BCUT2D eigenvalue weighted by Gasteiger charge is -2.12. The summed E-state index contributed by atoms with van der Waals surface area (Å²) in [5.74, 6) is -0.845. The molecule has 0 saturated carbocycles. The maximum absolute atomic E-state index is 12.3. The molecule has 0 aliphatic rings. The second-order valence-corrected chi connectivity index (χ2v) is 5.97. The Labute approximate surface area is 169 Å². The molecular formula is C15H18N12O3. The van der Waals surface area contributed by atoms with E-state index in [1.807, 2.05) is 43.3 Å². The molecule has 0 aliphatic heterocycles. The van der Waals surface area contributed by atoms with Gasteiger partial charge in [0.05, 0.1) is 6.21 Å². The van der Waals surface area contributed by atoms with Crippen molar-refractivity contribution in [2.24, 2.45) is 15.4 Å². The number of aromatic nitrogens is 4. The number of carbonyl (C=O) groups excluding carboxylic acids is 1. The van der Waals surface area contributed by atoms with E-state index >= 15 is 0 Å². The van der Waals surface area contributed by atoms with Crippen LogP contribution in [0.15, 0.2) is 49.0 Å². The van der Waals surface area contributed by atoms with E-state index < -0.39 is 5.91 Å². The molecule has 15 nitrogen and oxygen atoms in total. The molecule has 3 rings (SSSR count). The monoisotopic (exact) mass is 414 g/mol. The minimum absolute atomic E-state index is 0.0350. The Bertz CT molecular complexity index is 1040. The van der Waals surface area contributed by atoms with Gasteiger partial charge in [-0.3, -0.25) is 4.79 Å². The van der Waals surface area contributed by atoms with Gasteiger partial charge in [0, 0.05) is 19.8 Å². The van der Waals surface area contributed by atoms with E-state index in [-0.39, 0.29) is 29.8 Å². The van der Waals surface area contributed by atoms with Crippen LogP contribution in [0.25, 0.3) is 0 Å². The predicted molar refractivity (Wildman–Crippen MR) is 106 cm³/mol. The molecule has 3 aromatic rings. The van der Waals surface area contributed by atoms with Crippen molar-refractivity contribution in [3.05, 3.63) is 29.8 Å². The molecule has 0 saturated heterocycles. The van der Waals surface area contributed by atoms with Crippen molar-refractivity contribution in [1.82, 2.24) is 26.1 Å². The third-order valence-electron chi connectivity index (χ3n) is 3.59.